The highest BCUT2D eigenvalue weighted by molar-refractivity contribution is 5.88. The van der Waals surface area contributed by atoms with Crippen LogP contribution in [0.1, 0.15) is 12.8 Å². The first-order valence-corrected chi connectivity index (χ1v) is 9.70. The Morgan fingerprint density at radius 2 is 1.93 bits per heavy atom. The van der Waals surface area contributed by atoms with Crippen LogP contribution >= 0.6 is 0 Å². The zero-order valence-corrected chi connectivity index (χ0v) is 16.0. The number of nitrogens with zero attached hydrogens (tertiary/aromatic N) is 3. The van der Waals surface area contributed by atoms with Gasteiger partial charge in [-0.25, -0.2) is 8.78 Å². The Kier molecular flexibility index (Phi) is 5.69. The molecule has 0 amide bonds. The van der Waals surface area contributed by atoms with Crippen LogP contribution < -0.4 is 4.74 Å². The van der Waals surface area contributed by atoms with Gasteiger partial charge in [-0.3, -0.25) is 4.90 Å². The molecule has 0 bridgehead atoms. The summed E-state index contributed by atoms with van der Waals surface area (Å²) in [4.78, 5) is 1.60. The van der Waals surface area contributed by atoms with Gasteiger partial charge in [-0.2, -0.15) is 10.2 Å². The van der Waals surface area contributed by atoms with E-state index in [1.54, 1.807) is 17.3 Å². The molecular weight excluding hydrogens is 376 g/mol. The van der Waals surface area contributed by atoms with Crippen LogP contribution in [0.25, 0.3) is 21.9 Å². The van der Waals surface area contributed by atoms with Crippen LogP contribution in [0.4, 0.5) is 8.78 Å². The summed E-state index contributed by atoms with van der Waals surface area (Å²) in [5.41, 5.74) is 2.00. The van der Waals surface area contributed by atoms with Crippen LogP contribution in [-0.2, 0) is 0 Å². The Labute approximate surface area is 167 Å². The number of β-amino-alcohol motifs (C(OH)–C–C–N with tert-alkyl or cyclic N) is 1. The maximum atomic E-state index is 13.5. The maximum absolute atomic E-state index is 13.5. The monoisotopic (exact) mass is 399 g/mol. The summed E-state index contributed by atoms with van der Waals surface area (Å²) >= 11 is 0. The number of hydrogen-bond acceptors (Lipinski definition) is 5. The normalized spacial score (nSPS) is 17.9. The van der Waals surface area contributed by atoms with E-state index in [1.165, 1.54) is 0 Å². The molecule has 1 atom stereocenters. The van der Waals surface area contributed by atoms with Crippen molar-refractivity contribution in [2.24, 2.45) is 0 Å². The van der Waals surface area contributed by atoms with Gasteiger partial charge in [0.1, 0.15) is 18.5 Å². The lowest BCUT2D eigenvalue weighted by Gasteiger charge is -2.33. The van der Waals surface area contributed by atoms with Crippen LogP contribution in [-0.4, -0.2) is 58.5 Å². The largest absolute Gasteiger partial charge is 0.491 e. The zero-order chi connectivity index (χ0) is 20.3. The average Bonchev–Trinajstić information content (AvgIpc) is 2.71. The van der Waals surface area contributed by atoms with E-state index < -0.39 is 12.0 Å². The van der Waals surface area contributed by atoms with Gasteiger partial charge in [-0.05, 0) is 53.6 Å². The van der Waals surface area contributed by atoms with Gasteiger partial charge in [0.2, 0.25) is 0 Å². The van der Waals surface area contributed by atoms with Gasteiger partial charge in [0.25, 0.3) is 5.92 Å². The number of fused-ring (bicyclic) bond motifs is 1. The fourth-order valence-electron chi connectivity index (χ4n) is 3.70. The minimum absolute atomic E-state index is 0.0571. The molecule has 152 valence electrons. The van der Waals surface area contributed by atoms with Crippen molar-refractivity contribution in [2.45, 2.75) is 24.9 Å². The van der Waals surface area contributed by atoms with Gasteiger partial charge < -0.3 is 9.84 Å². The summed E-state index contributed by atoms with van der Waals surface area (Å²) in [7, 11) is 0. The van der Waals surface area contributed by atoms with E-state index in [1.807, 2.05) is 42.5 Å². The Morgan fingerprint density at radius 1 is 1.07 bits per heavy atom. The number of aliphatic hydroxyl groups is 1. The molecule has 2 aromatic carbocycles. The molecule has 29 heavy (non-hydrogen) atoms. The van der Waals surface area contributed by atoms with Crippen molar-refractivity contribution in [1.29, 1.82) is 0 Å². The molecule has 1 aromatic heterocycles. The number of ether oxygens (including phenoxy) is 1. The minimum Gasteiger partial charge on any atom is -0.491 e. The van der Waals surface area contributed by atoms with Gasteiger partial charge >= 0.3 is 0 Å². The second-order valence-electron chi connectivity index (χ2n) is 7.51. The van der Waals surface area contributed by atoms with Crippen molar-refractivity contribution in [3.63, 3.8) is 0 Å². The lowest BCUT2D eigenvalue weighted by molar-refractivity contribution is -0.0737. The van der Waals surface area contributed by atoms with Gasteiger partial charge in [-0.15, -0.1) is 0 Å². The second-order valence-corrected chi connectivity index (χ2v) is 7.51. The number of hydrogen-bond donors (Lipinski definition) is 1. The van der Waals surface area contributed by atoms with Gasteiger partial charge in [0, 0.05) is 18.5 Å². The zero-order valence-electron chi connectivity index (χ0n) is 16.0. The number of alkyl halides is 2. The van der Waals surface area contributed by atoms with Crippen molar-refractivity contribution in [2.75, 3.05) is 26.2 Å². The van der Waals surface area contributed by atoms with E-state index in [9.17, 15) is 13.9 Å². The number of aromatic nitrogens is 2. The third kappa shape index (κ3) is 5.05. The van der Waals surface area contributed by atoms with Gasteiger partial charge in [-0.1, -0.05) is 18.2 Å². The predicted octanol–water partition coefficient (Wildman–Crippen LogP) is 3.77. The highest BCUT2D eigenvalue weighted by Gasteiger charge is 2.35. The molecule has 1 aliphatic rings. The Morgan fingerprint density at radius 3 is 2.72 bits per heavy atom. The van der Waals surface area contributed by atoms with Crippen molar-refractivity contribution in [3.05, 3.63) is 54.9 Å². The van der Waals surface area contributed by atoms with Crippen molar-refractivity contribution in [3.8, 4) is 16.9 Å². The predicted molar refractivity (Wildman–Crippen MR) is 107 cm³/mol. The van der Waals surface area contributed by atoms with Crippen molar-refractivity contribution >= 4 is 10.8 Å². The topological polar surface area (TPSA) is 58.5 Å². The summed E-state index contributed by atoms with van der Waals surface area (Å²) in [5, 5.41) is 20.0. The van der Waals surface area contributed by atoms with Crippen LogP contribution in [0, 0.1) is 0 Å². The molecule has 5 nitrogen and oxygen atoms in total. The maximum Gasteiger partial charge on any atom is 0.260 e. The first-order chi connectivity index (χ1) is 14.0. The number of piperidine rings is 1. The molecule has 0 saturated carbocycles. The Hall–Kier alpha value is -2.64. The molecular formula is C22H23F2N3O2. The first-order valence-electron chi connectivity index (χ1n) is 9.70. The van der Waals surface area contributed by atoms with Crippen LogP contribution in [0.2, 0.25) is 0 Å². The SMILES string of the molecule is OC(COc1ccc2ccc(-c3ccnnc3)cc2c1)CN1CCCC(F)(F)C1. The number of aliphatic hydroxyl groups excluding tert-OH is 1. The fourth-order valence-corrected chi connectivity index (χ4v) is 3.70. The third-order valence-corrected chi connectivity index (χ3v) is 5.11. The molecule has 0 spiro atoms. The Bertz CT molecular complexity index is 969. The lowest BCUT2D eigenvalue weighted by atomic mass is 10.0. The molecule has 0 aliphatic carbocycles. The van der Waals surface area contributed by atoms with E-state index in [0.29, 0.717) is 18.7 Å². The molecule has 1 saturated heterocycles. The van der Waals surface area contributed by atoms with Crippen LogP contribution in [0.15, 0.2) is 54.9 Å². The van der Waals surface area contributed by atoms with Crippen molar-refractivity contribution < 1.29 is 18.6 Å². The highest BCUT2D eigenvalue weighted by atomic mass is 19.3. The molecule has 0 radical (unpaired) electrons. The standard InChI is InChI=1S/C22H23F2N3O2/c23-22(24)7-1-9-27(15-22)13-20(28)14-29-21-5-4-16-2-3-17(10-19(16)11-21)18-6-8-25-26-12-18/h2-6,8,10-12,20,28H,1,7,9,13-15H2. The molecule has 4 rings (SSSR count). The number of rotatable bonds is 6. The quantitative estimate of drug-likeness (QED) is 0.684. The van der Waals surface area contributed by atoms with E-state index in [-0.39, 0.29) is 26.1 Å². The Balaban J connectivity index is 1.40. The molecule has 1 aliphatic heterocycles. The van der Waals surface area contributed by atoms with Crippen molar-refractivity contribution in [1.82, 2.24) is 15.1 Å². The third-order valence-electron chi connectivity index (χ3n) is 5.11. The van der Waals surface area contributed by atoms with Gasteiger partial charge in [0.15, 0.2) is 0 Å². The lowest BCUT2D eigenvalue weighted by Crippen LogP contribution is -2.46. The summed E-state index contributed by atoms with van der Waals surface area (Å²) < 4.78 is 32.7. The number of halogens is 2. The fraction of sp³-hybridized carbons (Fsp3) is 0.364. The minimum atomic E-state index is -2.67. The van der Waals surface area contributed by atoms with E-state index in [0.717, 1.165) is 21.9 Å². The highest BCUT2D eigenvalue weighted by Crippen LogP contribution is 2.28. The van der Waals surface area contributed by atoms with E-state index in [2.05, 4.69) is 10.2 Å². The number of likely N-dealkylation sites (tertiary alicyclic amines) is 1. The molecule has 2 heterocycles. The van der Waals surface area contributed by atoms with Gasteiger partial charge in [0.05, 0.1) is 18.9 Å². The summed E-state index contributed by atoms with van der Waals surface area (Å²) in [6.07, 6.45) is 2.90. The first kappa shape index (κ1) is 19.7. The smallest absolute Gasteiger partial charge is 0.260 e. The molecule has 1 N–H and O–H groups in total. The average molecular weight is 399 g/mol. The summed E-state index contributed by atoms with van der Waals surface area (Å²) in [6, 6.07) is 13.7. The van der Waals surface area contributed by atoms with Crippen LogP contribution in [0.3, 0.4) is 0 Å². The summed E-state index contributed by atoms with van der Waals surface area (Å²) in [6.45, 7) is 0.520. The van der Waals surface area contributed by atoms with E-state index in [4.69, 9.17) is 4.74 Å². The second kappa shape index (κ2) is 8.39. The molecule has 1 fully saturated rings. The summed E-state index contributed by atoms with van der Waals surface area (Å²) in [5.74, 6) is -2.04. The number of benzene rings is 2. The molecule has 7 heteroatoms. The molecule has 3 aromatic rings. The van der Waals surface area contributed by atoms with Crippen LogP contribution in [0.5, 0.6) is 5.75 Å². The molecule has 1 unspecified atom stereocenters. The van der Waals surface area contributed by atoms with E-state index >= 15 is 0 Å².